The van der Waals surface area contributed by atoms with E-state index in [1.807, 2.05) is 0 Å². The minimum absolute atomic E-state index is 0.0133. The fraction of sp³-hybridized carbons (Fsp3) is 0.400. The summed E-state index contributed by atoms with van der Waals surface area (Å²) in [7, 11) is 1.27. The van der Waals surface area contributed by atoms with Crippen LogP contribution in [0, 0.1) is 17.8 Å². The van der Waals surface area contributed by atoms with Crippen LogP contribution >= 0.6 is 0 Å². The van der Waals surface area contributed by atoms with Gasteiger partial charge in [0.05, 0.1) is 24.9 Å². The summed E-state index contributed by atoms with van der Waals surface area (Å²) in [6.07, 6.45) is -1.09. The molecule has 0 unspecified atom stereocenters. The molecule has 1 aromatic carbocycles. The molecule has 0 aliphatic heterocycles. The van der Waals surface area contributed by atoms with Crippen molar-refractivity contribution in [3.63, 3.8) is 0 Å². The molecule has 1 aromatic heterocycles. The average Bonchev–Trinajstić information content (AvgIpc) is 2.98. The van der Waals surface area contributed by atoms with E-state index in [4.69, 9.17) is 14.2 Å². The summed E-state index contributed by atoms with van der Waals surface area (Å²) >= 11 is 0. The number of hydrogen-bond donors (Lipinski definition) is 1. The van der Waals surface area contributed by atoms with Crippen LogP contribution in [0.25, 0.3) is 0 Å². The van der Waals surface area contributed by atoms with E-state index in [0.717, 1.165) is 6.92 Å². The lowest BCUT2D eigenvalue weighted by molar-refractivity contribution is -0.163. The van der Waals surface area contributed by atoms with Gasteiger partial charge in [0, 0.05) is 25.6 Å². The van der Waals surface area contributed by atoms with Gasteiger partial charge < -0.3 is 19.5 Å². The fourth-order valence-electron chi connectivity index (χ4n) is 4.50. The molecule has 222 valence electrons. The largest absolute Gasteiger partial charge is 0.493 e. The van der Waals surface area contributed by atoms with E-state index < -0.39 is 83.0 Å². The molecule has 0 bridgehead atoms. The maximum Gasteiger partial charge on any atom is 0.308 e. The summed E-state index contributed by atoms with van der Waals surface area (Å²) in [6, 6.07) is 8.23. The highest BCUT2D eigenvalue weighted by Crippen LogP contribution is 2.31. The maximum atomic E-state index is 13.6. The third-order valence-corrected chi connectivity index (χ3v) is 6.74. The zero-order valence-corrected chi connectivity index (χ0v) is 23.9. The first kappa shape index (κ1) is 31.8. The molecule has 1 fully saturated rings. The van der Waals surface area contributed by atoms with Crippen molar-refractivity contribution >= 4 is 41.0 Å². The third kappa shape index (κ3) is 7.31. The second-order valence-electron chi connectivity index (χ2n) is 10.2. The van der Waals surface area contributed by atoms with Crippen LogP contribution in [0.3, 0.4) is 0 Å². The number of benzene rings is 1. The van der Waals surface area contributed by atoms with Gasteiger partial charge in [-0.25, -0.2) is 4.98 Å². The Hall–Kier alpha value is -4.74. The van der Waals surface area contributed by atoms with Crippen molar-refractivity contribution in [3.05, 3.63) is 53.9 Å². The molecule has 1 saturated carbocycles. The Morgan fingerprint density at radius 2 is 1.67 bits per heavy atom. The molecule has 0 radical (unpaired) electrons. The minimum atomic E-state index is -1.75. The SMILES string of the molecule is COc1ccnc(C(=O)N[C@H]2CC(=O)C(=O)[C@H](Cc3ccccc3)[C@H](OC(=O)C(C)C)[C@H](C)C(=O)C2=O)c1OC(C)=O. The van der Waals surface area contributed by atoms with Crippen molar-refractivity contribution in [2.75, 3.05) is 7.11 Å². The zero-order valence-electron chi connectivity index (χ0n) is 23.9. The van der Waals surface area contributed by atoms with Gasteiger partial charge in [-0.2, -0.15) is 0 Å². The van der Waals surface area contributed by atoms with Gasteiger partial charge in [-0.15, -0.1) is 0 Å². The molecule has 1 N–H and O–H groups in total. The van der Waals surface area contributed by atoms with E-state index in [0.29, 0.717) is 5.56 Å². The molecule has 1 aliphatic rings. The highest BCUT2D eigenvalue weighted by atomic mass is 16.6. The number of ether oxygens (including phenoxy) is 3. The quantitative estimate of drug-likeness (QED) is 0.357. The van der Waals surface area contributed by atoms with Gasteiger partial charge in [0.1, 0.15) is 12.1 Å². The van der Waals surface area contributed by atoms with Crippen LogP contribution < -0.4 is 14.8 Å². The van der Waals surface area contributed by atoms with Gasteiger partial charge in [0.2, 0.25) is 28.9 Å². The predicted molar refractivity (Wildman–Crippen MR) is 146 cm³/mol. The molecule has 3 rings (SSSR count). The Balaban J connectivity index is 2.02. The van der Waals surface area contributed by atoms with E-state index in [2.05, 4.69) is 10.3 Å². The first-order valence-corrected chi connectivity index (χ1v) is 13.3. The molecule has 2 aromatic rings. The second-order valence-corrected chi connectivity index (χ2v) is 10.2. The molecule has 0 spiro atoms. The summed E-state index contributed by atoms with van der Waals surface area (Å²) in [6.45, 7) is 5.56. The van der Waals surface area contributed by atoms with E-state index in [1.54, 1.807) is 44.2 Å². The van der Waals surface area contributed by atoms with Crippen molar-refractivity contribution in [2.45, 2.75) is 52.7 Å². The van der Waals surface area contributed by atoms with Crippen LogP contribution in [0.2, 0.25) is 0 Å². The Labute approximate surface area is 242 Å². The summed E-state index contributed by atoms with van der Waals surface area (Å²) in [4.78, 5) is 95.1. The monoisotopic (exact) mass is 580 g/mol. The van der Waals surface area contributed by atoms with E-state index in [1.165, 1.54) is 26.3 Å². The number of rotatable bonds is 8. The van der Waals surface area contributed by atoms with Gasteiger partial charge in [0.25, 0.3) is 5.91 Å². The molecule has 1 amide bonds. The van der Waals surface area contributed by atoms with Gasteiger partial charge in [-0.3, -0.25) is 33.6 Å². The number of aromatic nitrogens is 1. The van der Waals surface area contributed by atoms with Crippen molar-refractivity contribution in [3.8, 4) is 11.5 Å². The minimum Gasteiger partial charge on any atom is -0.493 e. The van der Waals surface area contributed by atoms with Crippen LogP contribution in [-0.2, 0) is 39.9 Å². The number of nitrogens with one attached hydrogen (secondary N) is 1. The lowest BCUT2D eigenvalue weighted by atomic mass is 9.81. The van der Waals surface area contributed by atoms with Crippen LogP contribution in [0.4, 0.5) is 0 Å². The summed E-state index contributed by atoms with van der Waals surface area (Å²) in [5.41, 5.74) is 0.189. The molecule has 12 nitrogen and oxygen atoms in total. The summed E-state index contributed by atoms with van der Waals surface area (Å²) in [5.74, 6) is -10.3. The smallest absolute Gasteiger partial charge is 0.308 e. The number of Topliss-reactive ketones (excluding diaryl/α,β-unsaturated/α-hetero) is 4. The number of pyridine rings is 1. The third-order valence-electron chi connectivity index (χ3n) is 6.74. The van der Waals surface area contributed by atoms with Crippen molar-refractivity contribution in [1.29, 1.82) is 0 Å². The predicted octanol–water partition coefficient (Wildman–Crippen LogP) is 1.86. The number of esters is 2. The molecule has 42 heavy (non-hydrogen) atoms. The molecular formula is C30H32N2O10. The highest BCUT2D eigenvalue weighted by Gasteiger charge is 2.46. The first-order valence-electron chi connectivity index (χ1n) is 13.3. The van der Waals surface area contributed by atoms with Crippen molar-refractivity contribution in [1.82, 2.24) is 10.3 Å². The second kappa shape index (κ2) is 13.7. The number of methoxy groups -OCH3 is 1. The number of ketones is 4. The summed E-state index contributed by atoms with van der Waals surface area (Å²) in [5, 5.41) is 2.29. The number of nitrogens with zero attached hydrogens (tertiary/aromatic N) is 1. The van der Waals surface area contributed by atoms with Crippen molar-refractivity contribution < 1.29 is 47.8 Å². The van der Waals surface area contributed by atoms with Crippen LogP contribution in [0.1, 0.15) is 50.2 Å². The molecule has 0 saturated heterocycles. The van der Waals surface area contributed by atoms with Crippen LogP contribution in [0.15, 0.2) is 42.6 Å². The zero-order chi connectivity index (χ0) is 31.1. The standard InChI is InChI=1S/C30H32N2O10/c1-15(2)30(39)42-27-16(3)24(35)26(37)20(14-21(34)25(36)19(27)13-18-9-7-6-8-10-18)32-29(38)23-28(41-17(4)33)22(40-5)11-12-31-23/h6-12,15-16,19-20,27H,13-14H2,1-5H3,(H,32,38)/t16-,19+,20+,27-/m1/s1. The number of amides is 1. The molecule has 4 atom stereocenters. The number of hydrogen-bond acceptors (Lipinski definition) is 11. The van der Waals surface area contributed by atoms with E-state index >= 15 is 0 Å². The van der Waals surface area contributed by atoms with Gasteiger partial charge in [0.15, 0.2) is 11.4 Å². The van der Waals surface area contributed by atoms with E-state index in [9.17, 15) is 33.6 Å². The first-order chi connectivity index (χ1) is 19.8. The fourth-order valence-corrected chi connectivity index (χ4v) is 4.50. The Bertz CT molecular complexity index is 1400. The molecule has 1 aliphatic carbocycles. The topological polar surface area (TPSA) is 172 Å². The van der Waals surface area contributed by atoms with Crippen LogP contribution in [-0.4, -0.2) is 65.2 Å². The lowest BCUT2D eigenvalue weighted by Gasteiger charge is -2.29. The summed E-state index contributed by atoms with van der Waals surface area (Å²) < 4.78 is 15.8. The van der Waals surface area contributed by atoms with Crippen LogP contribution in [0.5, 0.6) is 11.5 Å². The molecular weight excluding hydrogens is 548 g/mol. The maximum absolute atomic E-state index is 13.6. The Kier molecular flexibility index (Phi) is 10.4. The van der Waals surface area contributed by atoms with E-state index in [-0.39, 0.29) is 17.9 Å². The Morgan fingerprint density at radius 1 is 1.00 bits per heavy atom. The number of carbonyl (C=O) groups excluding carboxylic acids is 7. The van der Waals surface area contributed by atoms with Crippen molar-refractivity contribution in [2.24, 2.45) is 17.8 Å². The van der Waals surface area contributed by atoms with Gasteiger partial charge in [-0.05, 0) is 12.0 Å². The number of carbonyl (C=O) groups is 7. The molecule has 12 heteroatoms. The highest BCUT2D eigenvalue weighted by molar-refractivity contribution is 6.44. The van der Waals surface area contributed by atoms with Gasteiger partial charge >= 0.3 is 11.9 Å². The molecule has 1 heterocycles. The lowest BCUT2D eigenvalue weighted by Crippen LogP contribution is -2.48. The normalized spacial score (nSPS) is 21.2. The van der Waals surface area contributed by atoms with Gasteiger partial charge in [-0.1, -0.05) is 51.1 Å². The Morgan fingerprint density at radius 3 is 2.26 bits per heavy atom. The average molecular weight is 581 g/mol.